The third-order valence-corrected chi connectivity index (χ3v) is 5.46. The van der Waals surface area contributed by atoms with Crippen molar-refractivity contribution in [3.8, 4) is 0 Å². The van der Waals surface area contributed by atoms with Crippen LogP contribution >= 0.6 is 0 Å². The summed E-state index contributed by atoms with van der Waals surface area (Å²) in [7, 11) is -3.39. The third kappa shape index (κ3) is 3.99. The number of benzene rings is 1. The first kappa shape index (κ1) is 16.2. The first-order valence-electron chi connectivity index (χ1n) is 7.73. The van der Waals surface area contributed by atoms with Gasteiger partial charge in [0.2, 0.25) is 10.0 Å². The fourth-order valence-corrected chi connectivity index (χ4v) is 4.15. The number of hydrogen-bond acceptors (Lipinski definition) is 5. The molecule has 0 aliphatic heterocycles. The predicted molar refractivity (Wildman–Crippen MR) is 87.2 cm³/mol. The van der Waals surface area contributed by atoms with E-state index in [1.807, 2.05) is 6.07 Å². The summed E-state index contributed by atoms with van der Waals surface area (Å²) >= 11 is 0. The third-order valence-electron chi connectivity index (χ3n) is 4.14. The first-order chi connectivity index (χ1) is 11.1. The molecule has 7 heteroatoms. The van der Waals surface area contributed by atoms with E-state index >= 15 is 0 Å². The lowest BCUT2D eigenvalue weighted by Crippen LogP contribution is -2.35. The molecular weight excluding hydrogens is 314 g/mol. The van der Waals surface area contributed by atoms with Crippen molar-refractivity contribution in [2.75, 3.05) is 13.1 Å². The highest BCUT2D eigenvalue weighted by Gasteiger charge is 2.28. The van der Waals surface area contributed by atoms with Gasteiger partial charge in [-0.3, -0.25) is 0 Å². The summed E-state index contributed by atoms with van der Waals surface area (Å²) in [6.45, 7) is 3.15. The number of nitrogens with one attached hydrogen (secondary N) is 2. The van der Waals surface area contributed by atoms with Crippen molar-refractivity contribution in [2.24, 2.45) is 5.92 Å². The van der Waals surface area contributed by atoms with Gasteiger partial charge < -0.3 is 9.84 Å². The molecule has 2 unspecified atom stereocenters. The Morgan fingerprint density at radius 3 is 2.87 bits per heavy atom. The molecule has 1 heterocycles. The van der Waals surface area contributed by atoms with Crippen molar-refractivity contribution in [1.82, 2.24) is 15.2 Å². The minimum atomic E-state index is -3.39. The van der Waals surface area contributed by atoms with Gasteiger partial charge in [0.25, 0.3) is 0 Å². The summed E-state index contributed by atoms with van der Waals surface area (Å²) in [5.41, 5.74) is 3.11. The molecule has 2 aromatic rings. The van der Waals surface area contributed by atoms with Crippen molar-refractivity contribution in [3.05, 3.63) is 53.4 Å². The lowest BCUT2D eigenvalue weighted by atomic mass is 10.0. The molecule has 3 rings (SSSR count). The minimum absolute atomic E-state index is 0.161. The number of sulfonamides is 1. The van der Waals surface area contributed by atoms with Gasteiger partial charge in [0.05, 0.1) is 5.69 Å². The van der Waals surface area contributed by atoms with Crippen LogP contribution in [0.1, 0.15) is 29.8 Å². The number of nitrogens with zero attached hydrogens (tertiary/aromatic N) is 1. The predicted octanol–water partition coefficient (Wildman–Crippen LogP) is 1.62. The largest absolute Gasteiger partial charge is 0.364 e. The maximum atomic E-state index is 11.9. The van der Waals surface area contributed by atoms with Gasteiger partial charge in [-0.2, -0.15) is 0 Å². The molecule has 0 fully saturated rings. The number of hydrogen-bond donors (Lipinski definition) is 2. The Labute approximate surface area is 136 Å². The van der Waals surface area contributed by atoms with E-state index in [9.17, 15) is 8.42 Å². The van der Waals surface area contributed by atoms with Crippen LogP contribution in [0.5, 0.6) is 0 Å². The fourth-order valence-electron chi connectivity index (χ4n) is 3.10. The van der Waals surface area contributed by atoms with E-state index < -0.39 is 10.0 Å². The Morgan fingerprint density at radius 1 is 1.26 bits per heavy atom. The van der Waals surface area contributed by atoms with E-state index in [4.69, 9.17) is 0 Å². The van der Waals surface area contributed by atoms with Crippen molar-refractivity contribution >= 4 is 10.0 Å². The van der Waals surface area contributed by atoms with Gasteiger partial charge >= 0.3 is 0 Å². The molecule has 0 radical (unpaired) electrons. The average Bonchev–Trinajstić information content (AvgIpc) is 3.10. The molecule has 2 N–H and O–H groups in total. The molecule has 1 aliphatic rings. The quantitative estimate of drug-likeness (QED) is 0.751. The van der Waals surface area contributed by atoms with Crippen LogP contribution in [-0.2, 0) is 22.2 Å². The number of fused-ring (bicyclic) bond motifs is 1. The van der Waals surface area contributed by atoms with Crippen molar-refractivity contribution in [1.29, 1.82) is 0 Å². The molecule has 23 heavy (non-hydrogen) atoms. The zero-order chi connectivity index (χ0) is 16.3. The molecule has 2 atom stereocenters. The summed E-state index contributed by atoms with van der Waals surface area (Å²) in [4.78, 5) is 0. The minimum Gasteiger partial charge on any atom is -0.364 e. The summed E-state index contributed by atoms with van der Waals surface area (Å²) in [5, 5.41) is 7.08. The fraction of sp³-hybridized carbons (Fsp3) is 0.438. The van der Waals surface area contributed by atoms with Crippen LogP contribution in [0.15, 0.2) is 41.1 Å². The maximum absolute atomic E-state index is 11.9. The second kappa shape index (κ2) is 6.82. The highest BCUT2D eigenvalue weighted by molar-refractivity contribution is 7.88. The molecule has 0 spiro atoms. The molecule has 0 saturated carbocycles. The van der Waals surface area contributed by atoms with E-state index in [0.29, 0.717) is 24.7 Å². The van der Waals surface area contributed by atoms with Gasteiger partial charge in [0.1, 0.15) is 12.0 Å². The molecule has 1 aromatic carbocycles. The summed E-state index contributed by atoms with van der Waals surface area (Å²) in [6, 6.07) is 10.2. The monoisotopic (exact) mass is 335 g/mol. The highest BCUT2D eigenvalue weighted by atomic mass is 32.2. The van der Waals surface area contributed by atoms with Crippen LogP contribution in [0.25, 0.3) is 0 Å². The Morgan fingerprint density at radius 2 is 2.09 bits per heavy atom. The first-order valence-corrected chi connectivity index (χ1v) is 9.38. The molecule has 1 aromatic heterocycles. The Kier molecular flexibility index (Phi) is 4.79. The van der Waals surface area contributed by atoms with Gasteiger partial charge in [0, 0.05) is 25.2 Å². The van der Waals surface area contributed by atoms with Gasteiger partial charge in [-0.05, 0) is 23.5 Å². The van der Waals surface area contributed by atoms with Crippen LogP contribution in [0, 0.1) is 5.92 Å². The molecule has 124 valence electrons. The van der Waals surface area contributed by atoms with Crippen molar-refractivity contribution in [2.45, 2.75) is 25.1 Å². The zero-order valence-corrected chi connectivity index (χ0v) is 13.8. The van der Waals surface area contributed by atoms with E-state index in [1.165, 1.54) is 17.4 Å². The van der Waals surface area contributed by atoms with Crippen LogP contribution in [0.3, 0.4) is 0 Å². The molecule has 0 amide bonds. The van der Waals surface area contributed by atoms with Gasteiger partial charge in [-0.25, -0.2) is 13.1 Å². The number of rotatable bonds is 7. The van der Waals surface area contributed by atoms with Crippen molar-refractivity contribution in [3.63, 3.8) is 0 Å². The Hall–Kier alpha value is -1.70. The molecule has 0 bridgehead atoms. The Bertz CT molecular complexity index is 744. The SMILES string of the molecule is CC1Cc2ccccc2C1NCCNS(=O)(=O)Cc1ccon1. The smallest absolute Gasteiger partial charge is 0.217 e. The van der Waals surface area contributed by atoms with Crippen molar-refractivity contribution < 1.29 is 12.9 Å². The summed E-state index contributed by atoms with van der Waals surface area (Å²) in [6.07, 6.45) is 2.43. The number of aromatic nitrogens is 1. The van der Waals surface area contributed by atoms with Crippen LogP contribution in [0.2, 0.25) is 0 Å². The normalized spacial score (nSPS) is 20.6. The molecule has 0 saturated heterocycles. The van der Waals surface area contributed by atoms with Gasteiger partial charge in [-0.15, -0.1) is 0 Å². The topological polar surface area (TPSA) is 84.2 Å². The second-order valence-electron chi connectivity index (χ2n) is 5.96. The Balaban J connectivity index is 1.48. The highest BCUT2D eigenvalue weighted by Crippen LogP contribution is 2.35. The van der Waals surface area contributed by atoms with E-state index in [1.54, 1.807) is 6.07 Å². The molecule has 6 nitrogen and oxygen atoms in total. The van der Waals surface area contributed by atoms with Crippen LogP contribution in [-0.4, -0.2) is 26.7 Å². The van der Waals surface area contributed by atoms with E-state index in [-0.39, 0.29) is 11.8 Å². The lowest BCUT2D eigenvalue weighted by Gasteiger charge is -2.19. The van der Waals surface area contributed by atoms with Crippen LogP contribution < -0.4 is 10.0 Å². The van der Waals surface area contributed by atoms with E-state index in [0.717, 1.165) is 6.42 Å². The maximum Gasteiger partial charge on any atom is 0.217 e. The van der Waals surface area contributed by atoms with Crippen LogP contribution in [0.4, 0.5) is 0 Å². The summed E-state index contributed by atoms with van der Waals surface area (Å²) in [5.74, 6) is 0.353. The standard InChI is InChI=1S/C16H21N3O3S/c1-12-10-13-4-2-3-5-15(13)16(12)17-7-8-18-23(20,21)11-14-6-9-22-19-14/h2-6,9,12,16-18H,7-8,10-11H2,1H3. The zero-order valence-electron chi connectivity index (χ0n) is 13.0. The average molecular weight is 335 g/mol. The second-order valence-corrected chi connectivity index (χ2v) is 7.76. The van der Waals surface area contributed by atoms with Gasteiger partial charge in [-0.1, -0.05) is 36.3 Å². The molecular formula is C16H21N3O3S. The summed E-state index contributed by atoms with van der Waals surface area (Å²) < 4.78 is 31.1. The van der Waals surface area contributed by atoms with E-state index in [2.05, 4.69) is 44.8 Å². The lowest BCUT2D eigenvalue weighted by molar-refractivity contribution is 0.413. The molecule has 1 aliphatic carbocycles. The van der Waals surface area contributed by atoms with Gasteiger partial charge in [0.15, 0.2) is 0 Å².